The number of esters is 1. The van der Waals surface area contributed by atoms with Crippen molar-refractivity contribution in [2.45, 2.75) is 0 Å². The van der Waals surface area contributed by atoms with Gasteiger partial charge in [-0.25, -0.2) is 9.18 Å². The summed E-state index contributed by atoms with van der Waals surface area (Å²) in [4.78, 5) is 10.6. The Morgan fingerprint density at radius 1 is 1.57 bits per heavy atom. The standard InChI is InChI=1S/C10H10FNO2/c1-14-10(13)5-6-12-9-4-2-3-8(11)7-9/h2-7,12H,1H3/b6-5-. The number of carbonyl (C=O) groups is 1. The fourth-order valence-electron chi connectivity index (χ4n) is 0.852. The van der Waals surface area contributed by atoms with Crippen molar-refractivity contribution >= 4 is 11.7 Å². The Bertz CT molecular complexity index is 350. The highest BCUT2D eigenvalue weighted by molar-refractivity contribution is 5.82. The van der Waals surface area contributed by atoms with Crippen LogP contribution in [-0.4, -0.2) is 13.1 Å². The van der Waals surface area contributed by atoms with E-state index in [4.69, 9.17) is 0 Å². The van der Waals surface area contributed by atoms with Crippen LogP contribution in [0, 0.1) is 5.82 Å². The minimum absolute atomic E-state index is 0.332. The third kappa shape index (κ3) is 3.26. The van der Waals surface area contributed by atoms with Crippen LogP contribution in [0.5, 0.6) is 0 Å². The van der Waals surface area contributed by atoms with Gasteiger partial charge in [-0.05, 0) is 18.2 Å². The van der Waals surface area contributed by atoms with Crippen molar-refractivity contribution in [1.82, 2.24) is 0 Å². The molecule has 74 valence electrons. The van der Waals surface area contributed by atoms with Gasteiger partial charge in [0.05, 0.1) is 7.11 Å². The van der Waals surface area contributed by atoms with E-state index in [0.29, 0.717) is 5.69 Å². The highest BCUT2D eigenvalue weighted by Gasteiger charge is 1.92. The topological polar surface area (TPSA) is 38.3 Å². The molecule has 0 unspecified atom stereocenters. The van der Waals surface area contributed by atoms with Gasteiger partial charge in [0.25, 0.3) is 0 Å². The molecule has 0 radical (unpaired) electrons. The second kappa shape index (κ2) is 5.01. The molecule has 0 saturated heterocycles. The summed E-state index contributed by atoms with van der Waals surface area (Å²) < 4.78 is 17.0. The highest BCUT2D eigenvalue weighted by atomic mass is 19.1. The first kappa shape index (κ1) is 10.2. The molecule has 0 aliphatic rings. The van der Waals surface area contributed by atoms with Crippen molar-refractivity contribution < 1.29 is 13.9 Å². The Balaban J connectivity index is 2.53. The third-order valence-electron chi connectivity index (χ3n) is 1.50. The number of hydrogen-bond acceptors (Lipinski definition) is 3. The van der Waals surface area contributed by atoms with Crippen molar-refractivity contribution in [1.29, 1.82) is 0 Å². The fourth-order valence-corrected chi connectivity index (χ4v) is 0.852. The second-order valence-electron chi connectivity index (χ2n) is 2.51. The van der Waals surface area contributed by atoms with Gasteiger partial charge in [-0.1, -0.05) is 6.07 Å². The van der Waals surface area contributed by atoms with Gasteiger partial charge in [0.15, 0.2) is 0 Å². The van der Waals surface area contributed by atoms with Gasteiger partial charge in [0, 0.05) is 18.0 Å². The number of nitrogens with one attached hydrogen (secondary N) is 1. The highest BCUT2D eigenvalue weighted by Crippen LogP contribution is 2.08. The van der Waals surface area contributed by atoms with Crippen LogP contribution < -0.4 is 5.32 Å². The van der Waals surface area contributed by atoms with E-state index in [1.165, 1.54) is 31.5 Å². The van der Waals surface area contributed by atoms with Crippen molar-refractivity contribution in [2.24, 2.45) is 0 Å². The summed E-state index contributed by atoms with van der Waals surface area (Å²) in [7, 11) is 1.29. The van der Waals surface area contributed by atoms with Gasteiger partial charge in [-0.2, -0.15) is 0 Å². The van der Waals surface area contributed by atoms with Crippen molar-refractivity contribution in [3.8, 4) is 0 Å². The fraction of sp³-hybridized carbons (Fsp3) is 0.100. The van der Waals surface area contributed by atoms with Crippen LogP contribution in [0.15, 0.2) is 36.5 Å². The van der Waals surface area contributed by atoms with Crippen LogP contribution in [0.2, 0.25) is 0 Å². The van der Waals surface area contributed by atoms with E-state index in [-0.39, 0.29) is 5.82 Å². The van der Waals surface area contributed by atoms with Crippen molar-refractivity contribution in [3.05, 3.63) is 42.4 Å². The summed E-state index contributed by atoms with van der Waals surface area (Å²) >= 11 is 0. The summed E-state index contributed by atoms with van der Waals surface area (Å²) in [6, 6.07) is 5.92. The SMILES string of the molecule is COC(=O)/C=C\Nc1cccc(F)c1. The molecule has 0 aliphatic heterocycles. The molecule has 0 saturated carbocycles. The van der Waals surface area contributed by atoms with Gasteiger partial charge >= 0.3 is 5.97 Å². The van der Waals surface area contributed by atoms with Crippen molar-refractivity contribution in [3.63, 3.8) is 0 Å². The normalized spacial score (nSPS) is 10.1. The molecule has 1 aromatic rings. The van der Waals surface area contributed by atoms with E-state index in [2.05, 4.69) is 10.1 Å². The van der Waals surface area contributed by atoms with Crippen LogP contribution in [0.4, 0.5) is 10.1 Å². The predicted molar refractivity (Wildman–Crippen MR) is 51.2 cm³/mol. The predicted octanol–water partition coefficient (Wildman–Crippen LogP) is 1.92. The Morgan fingerprint density at radius 2 is 2.36 bits per heavy atom. The van der Waals surface area contributed by atoms with E-state index >= 15 is 0 Å². The lowest BCUT2D eigenvalue weighted by Crippen LogP contribution is -1.96. The Morgan fingerprint density at radius 3 is 3.00 bits per heavy atom. The molecule has 0 aliphatic carbocycles. The van der Waals surface area contributed by atoms with Gasteiger partial charge in [-0.15, -0.1) is 0 Å². The molecule has 14 heavy (non-hydrogen) atoms. The molecule has 0 amide bonds. The number of ether oxygens (including phenoxy) is 1. The van der Waals surface area contributed by atoms with Crippen LogP contribution in [0.1, 0.15) is 0 Å². The molecule has 3 nitrogen and oxygen atoms in total. The summed E-state index contributed by atoms with van der Waals surface area (Å²) in [5.41, 5.74) is 0.574. The molecule has 0 fully saturated rings. The largest absolute Gasteiger partial charge is 0.466 e. The quantitative estimate of drug-likeness (QED) is 0.591. The molecule has 0 aromatic heterocycles. The van der Waals surface area contributed by atoms with Gasteiger partial charge < -0.3 is 10.1 Å². The van der Waals surface area contributed by atoms with E-state index < -0.39 is 5.97 Å². The van der Waals surface area contributed by atoms with Crippen LogP contribution in [0.3, 0.4) is 0 Å². The molecule has 0 bridgehead atoms. The summed E-state index contributed by atoms with van der Waals surface area (Å²) in [6.45, 7) is 0. The smallest absolute Gasteiger partial charge is 0.331 e. The molecule has 1 N–H and O–H groups in total. The number of halogens is 1. The minimum Gasteiger partial charge on any atom is -0.466 e. The molecule has 0 atom stereocenters. The molecule has 1 rings (SSSR count). The lowest BCUT2D eigenvalue weighted by Gasteiger charge is -1.99. The number of methoxy groups -OCH3 is 1. The minimum atomic E-state index is -0.464. The van der Waals surface area contributed by atoms with Crippen LogP contribution in [-0.2, 0) is 9.53 Å². The van der Waals surface area contributed by atoms with Gasteiger partial charge in [-0.3, -0.25) is 0 Å². The number of rotatable bonds is 3. The number of hydrogen-bond donors (Lipinski definition) is 1. The third-order valence-corrected chi connectivity index (χ3v) is 1.50. The number of carbonyl (C=O) groups excluding carboxylic acids is 1. The Kier molecular flexibility index (Phi) is 3.67. The molecule has 4 heteroatoms. The molecule has 0 heterocycles. The maximum absolute atomic E-state index is 12.7. The molecular formula is C10H10FNO2. The van der Waals surface area contributed by atoms with E-state index in [0.717, 1.165) is 0 Å². The monoisotopic (exact) mass is 195 g/mol. The first-order chi connectivity index (χ1) is 6.72. The second-order valence-corrected chi connectivity index (χ2v) is 2.51. The average molecular weight is 195 g/mol. The van der Waals surface area contributed by atoms with E-state index in [9.17, 15) is 9.18 Å². The molecule has 0 spiro atoms. The lowest BCUT2D eigenvalue weighted by molar-refractivity contribution is -0.134. The lowest BCUT2D eigenvalue weighted by atomic mass is 10.3. The van der Waals surface area contributed by atoms with Crippen molar-refractivity contribution in [2.75, 3.05) is 12.4 Å². The zero-order chi connectivity index (χ0) is 10.4. The Labute approximate surface area is 81.2 Å². The number of benzene rings is 1. The van der Waals surface area contributed by atoms with Crippen LogP contribution in [0.25, 0.3) is 0 Å². The zero-order valence-corrected chi connectivity index (χ0v) is 7.66. The van der Waals surface area contributed by atoms with Gasteiger partial charge in [0.1, 0.15) is 5.82 Å². The van der Waals surface area contributed by atoms with Crippen LogP contribution >= 0.6 is 0 Å². The number of anilines is 1. The zero-order valence-electron chi connectivity index (χ0n) is 7.66. The van der Waals surface area contributed by atoms with Gasteiger partial charge in [0.2, 0.25) is 0 Å². The van der Waals surface area contributed by atoms with E-state index in [1.54, 1.807) is 12.1 Å². The van der Waals surface area contributed by atoms with E-state index in [1.807, 2.05) is 0 Å². The Hall–Kier alpha value is -1.84. The maximum atomic E-state index is 12.7. The molecular weight excluding hydrogens is 185 g/mol. The molecule has 1 aromatic carbocycles. The summed E-state index contributed by atoms with van der Waals surface area (Å²) in [5.74, 6) is -0.796. The summed E-state index contributed by atoms with van der Waals surface area (Å²) in [6.07, 6.45) is 2.60. The maximum Gasteiger partial charge on any atom is 0.331 e. The first-order valence-electron chi connectivity index (χ1n) is 3.99. The first-order valence-corrected chi connectivity index (χ1v) is 3.99. The summed E-state index contributed by atoms with van der Waals surface area (Å²) in [5, 5.41) is 2.73. The average Bonchev–Trinajstić information content (AvgIpc) is 2.17.